The van der Waals surface area contributed by atoms with E-state index in [2.05, 4.69) is 62.6 Å². The number of aliphatic carboxylic acids is 2. The molecule has 29 heavy (non-hydrogen) atoms. The van der Waals surface area contributed by atoms with Gasteiger partial charge in [-0.3, -0.25) is 0 Å². The maximum atomic E-state index is 9.55. The Morgan fingerprint density at radius 1 is 0.966 bits per heavy atom. The zero-order chi connectivity index (χ0) is 21.1. The van der Waals surface area contributed by atoms with Crippen LogP contribution in [-0.2, 0) is 22.6 Å². The fourth-order valence-electron chi connectivity index (χ4n) is 3.44. The number of carbonyl (C=O) groups is 2. The van der Waals surface area contributed by atoms with Gasteiger partial charge in [-0.25, -0.2) is 14.6 Å². The molecule has 0 bridgehead atoms. The van der Waals surface area contributed by atoms with Crippen LogP contribution >= 0.6 is 47.8 Å². The van der Waals surface area contributed by atoms with E-state index in [-0.39, 0.29) is 0 Å². The maximum absolute atomic E-state index is 9.55. The smallest absolute Gasteiger partial charge is 0.328 e. The summed E-state index contributed by atoms with van der Waals surface area (Å²) in [4.78, 5) is 26.5. The SMILES string of the molecule is Brc1c(Br)c2c3c(nc(N4CCNCC4)n3CCC2)c1Br.O=C(O)C=CC(=O)O. The van der Waals surface area contributed by atoms with E-state index in [4.69, 9.17) is 15.2 Å². The van der Waals surface area contributed by atoms with Crippen LogP contribution in [0, 0.1) is 0 Å². The molecule has 0 aliphatic carbocycles. The average Bonchev–Trinajstić information content (AvgIpc) is 3.11. The molecule has 11 heteroatoms. The first kappa shape index (κ1) is 22.3. The molecule has 3 heterocycles. The summed E-state index contributed by atoms with van der Waals surface area (Å²) in [5.74, 6) is -1.39. The van der Waals surface area contributed by atoms with Crippen LogP contribution in [-0.4, -0.2) is 57.9 Å². The highest BCUT2D eigenvalue weighted by Crippen LogP contribution is 2.44. The molecule has 2 aliphatic heterocycles. The number of rotatable bonds is 3. The van der Waals surface area contributed by atoms with Gasteiger partial charge < -0.3 is 25.0 Å². The molecule has 3 N–H and O–H groups in total. The minimum absolute atomic E-state index is 0.558. The fourth-order valence-corrected chi connectivity index (χ4v) is 5.19. The van der Waals surface area contributed by atoms with E-state index < -0.39 is 11.9 Å². The van der Waals surface area contributed by atoms with Crippen molar-refractivity contribution in [3.05, 3.63) is 31.1 Å². The number of aromatic nitrogens is 2. The molecule has 2 aliphatic rings. The Hall–Kier alpha value is -1.43. The van der Waals surface area contributed by atoms with Crippen LogP contribution in [0.25, 0.3) is 11.0 Å². The molecule has 2 aromatic rings. The van der Waals surface area contributed by atoms with Gasteiger partial charge in [0.2, 0.25) is 5.95 Å². The summed E-state index contributed by atoms with van der Waals surface area (Å²) < 4.78 is 5.68. The number of imidazole rings is 1. The van der Waals surface area contributed by atoms with Gasteiger partial charge in [-0.1, -0.05) is 0 Å². The van der Waals surface area contributed by atoms with Crippen molar-refractivity contribution in [2.75, 3.05) is 31.1 Å². The van der Waals surface area contributed by atoms with Gasteiger partial charge in [0.15, 0.2) is 0 Å². The lowest BCUT2D eigenvalue weighted by Crippen LogP contribution is -2.44. The second-order valence-corrected chi connectivity index (χ2v) is 8.91. The highest BCUT2D eigenvalue weighted by atomic mass is 79.9. The molecule has 1 saturated heterocycles. The average molecular weight is 595 g/mol. The Kier molecular flexibility index (Phi) is 7.36. The first-order chi connectivity index (χ1) is 13.8. The Morgan fingerprint density at radius 2 is 1.59 bits per heavy atom. The number of carboxylic acids is 2. The summed E-state index contributed by atoms with van der Waals surface area (Å²) in [5.41, 5.74) is 3.74. The number of piperazine rings is 1. The Bertz CT molecular complexity index is 968. The van der Waals surface area contributed by atoms with Crippen molar-refractivity contribution in [2.24, 2.45) is 0 Å². The number of anilines is 1. The van der Waals surface area contributed by atoms with Crippen LogP contribution in [0.4, 0.5) is 5.95 Å². The van der Waals surface area contributed by atoms with Crippen molar-refractivity contribution < 1.29 is 19.8 Å². The van der Waals surface area contributed by atoms with Gasteiger partial charge in [0.05, 0.1) is 9.99 Å². The fraction of sp³-hybridized carbons (Fsp3) is 0.389. The number of aryl methyl sites for hydroxylation is 2. The second kappa shape index (κ2) is 9.59. The van der Waals surface area contributed by atoms with Gasteiger partial charge in [0.25, 0.3) is 0 Å². The third kappa shape index (κ3) is 4.84. The van der Waals surface area contributed by atoms with E-state index in [0.29, 0.717) is 12.2 Å². The largest absolute Gasteiger partial charge is 0.478 e. The van der Waals surface area contributed by atoms with Gasteiger partial charge >= 0.3 is 11.9 Å². The van der Waals surface area contributed by atoms with Gasteiger partial charge in [0, 0.05) is 53.8 Å². The zero-order valence-electron chi connectivity index (χ0n) is 15.3. The Morgan fingerprint density at radius 3 is 2.17 bits per heavy atom. The topological polar surface area (TPSA) is 108 Å². The Labute approximate surface area is 192 Å². The van der Waals surface area contributed by atoms with E-state index in [1.807, 2.05) is 0 Å². The number of carboxylic acid groups (broad SMARTS) is 2. The first-order valence-corrected chi connectivity index (χ1v) is 11.3. The van der Waals surface area contributed by atoms with Crippen LogP contribution in [0.3, 0.4) is 0 Å². The standard InChI is InChI=1S/C14H15Br3N4.C4H4O4/c15-9-8-2-1-5-21-13(8)12(11(17)10(9)16)19-14(21)20-6-3-18-4-7-20;5-3(6)1-2-4(7)8/h18H,1-7H2;1-2H,(H,5,6)(H,7,8). The molecule has 0 unspecified atom stereocenters. The molecule has 0 radical (unpaired) electrons. The Balaban J connectivity index is 0.000000258. The summed E-state index contributed by atoms with van der Waals surface area (Å²) in [6, 6.07) is 0. The molecule has 1 aromatic heterocycles. The van der Waals surface area contributed by atoms with Crippen molar-refractivity contribution in [2.45, 2.75) is 19.4 Å². The minimum Gasteiger partial charge on any atom is -0.478 e. The van der Waals surface area contributed by atoms with Crippen LogP contribution in [0.2, 0.25) is 0 Å². The molecule has 4 rings (SSSR count). The number of benzene rings is 1. The van der Waals surface area contributed by atoms with Crippen LogP contribution in [0.15, 0.2) is 25.6 Å². The summed E-state index contributed by atoms with van der Waals surface area (Å²) in [5, 5.41) is 19.0. The molecule has 0 atom stereocenters. The zero-order valence-corrected chi connectivity index (χ0v) is 20.0. The second-order valence-electron chi connectivity index (χ2n) is 6.53. The van der Waals surface area contributed by atoms with Gasteiger partial charge in [0.1, 0.15) is 5.52 Å². The van der Waals surface area contributed by atoms with Gasteiger partial charge in [-0.2, -0.15) is 0 Å². The first-order valence-electron chi connectivity index (χ1n) is 8.96. The maximum Gasteiger partial charge on any atom is 0.328 e. The van der Waals surface area contributed by atoms with Crippen LogP contribution in [0.1, 0.15) is 12.0 Å². The van der Waals surface area contributed by atoms with Crippen molar-refractivity contribution in [3.8, 4) is 0 Å². The summed E-state index contributed by atoms with van der Waals surface area (Å²) in [7, 11) is 0. The third-order valence-electron chi connectivity index (χ3n) is 4.67. The highest BCUT2D eigenvalue weighted by Gasteiger charge is 2.27. The van der Waals surface area contributed by atoms with Crippen molar-refractivity contribution in [1.82, 2.24) is 14.9 Å². The summed E-state index contributed by atoms with van der Waals surface area (Å²) >= 11 is 11.1. The van der Waals surface area contributed by atoms with Gasteiger partial charge in [-0.05, 0) is 66.2 Å². The lowest BCUT2D eigenvalue weighted by molar-refractivity contribution is -0.134. The van der Waals surface area contributed by atoms with Crippen molar-refractivity contribution in [1.29, 1.82) is 0 Å². The molecule has 156 valence electrons. The van der Waals surface area contributed by atoms with E-state index >= 15 is 0 Å². The third-order valence-corrected chi connectivity index (χ3v) is 8.17. The molecule has 1 fully saturated rings. The monoisotopic (exact) mass is 592 g/mol. The summed E-state index contributed by atoms with van der Waals surface area (Å²) in [6.07, 6.45) is 3.39. The predicted octanol–water partition coefficient (Wildman–Crippen LogP) is 3.39. The van der Waals surface area contributed by atoms with E-state index in [9.17, 15) is 9.59 Å². The van der Waals surface area contributed by atoms with E-state index in [1.165, 1.54) is 17.5 Å². The van der Waals surface area contributed by atoms with Gasteiger partial charge in [-0.15, -0.1) is 0 Å². The molecule has 0 amide bonds. The van der Waals surface area contributed by atoms with Crippen LogP contribution < -0.4 is 10.2 Å². The number of nitrogens with zero attached hydrogens (tertiary/aromatic N) is 3. The number of hydrogen-bond acceptors (Lipinski definition) is 5. The number of hydrogen-bond donors (Lipinski definition) is 3. The van der Waals surface area contributed by atoms with E-state index in [1.54, 1.807) is 0 Å². The highest BCUT2D eigenvalue weighted by molar-refractivity contribution is 9.14. The number of halogens is 3. The lowest BCUT2D eigenvalue weighted by Gasteiger charge is -2.29. The normalized spacial score (nSPS) is 16.0. The van der Waals surface area contributed by atoms with Crippen LogP contribution in [0.5, 0.6) is 0 Å². The molecule has 1 aromatic carbocycles. The molecule has 0 spiro atoms. The summed E-state index contributed by atoms with van der Waals surface area (Å²) in [6.45, 7) is 5.18. The minimum atomic E-state index is -1.26. The molecular weight excluding hydrogens is 576 g/mol. The van der Waals surface area contributed by atoms with Crippen molar-refractivity contribution in [3.63, 3.8) is 0 Å². The quantitative estimate of drug-likeness (QED) is 0.369. The molecular formula is C18H19Br3N4O4. The predicted molar refractivity (Wildman–Crippen MR) is 121 cm³/mol. The van der Waals surface area contributed by atoms with E-state index in [0.717, 1.165) is 64.0 Å². The molecule has 0 saturated carbocycles. The van der Waals surface area contributed by atoms with Crippen molar-refractivity contribution >= 4 is 76.7 Å². The number of nitrogens with one attached hydrogen (secondary N) is 1. The molecule has 8 nitrogen and oxygen atoms in total. The lowest BCUT2D eigenvalue weighted by atomic mass is 10.0.